The molecular formula is C12H14BrN3O. The molecule has 0 unspecified atom stereocenters. The topological polar surface area (TPSA) is 53.1 Å². The molecule has 0 atom stereocenters. The van der Waals surface area contributed by atoms with Crippen molar-refractivity contribution in [1.82, 2.24) is 9.78 Å². The smallest absolute Gasteiger partial charge is 0.222 e. The van der Waals surface area contributed by atoms with Crippen LogP contribution in [-0.4, -0.2) is 9.78 Å². The fourth-order valence-corrected chi connectivity index (χ4v) is 2.04. The fraction of sp³-hybridized carbons (Fsp3) is 0.250. The normalized spacial score (nSPS) is 10.6. The first kappa shape index (κ1) is 12.1. The molecule has 5 heteroatoms. The van der Waals surface area contributed by atoms with Crippen LogP contribution in [0.1, 0.15) is 11.3 Å². The number of para-hydroxylation sites is 1. The third-order valence-corrected chi connectivity index (χ3v) is 3.19. The van der Waals surface area contributed by atoms with E-state index in [0.29, 0.717) is 12.4 Å². The lowest BCUT2D eigenvalue weighted by molar-refractivity contribution is 0.423. The van der Waals surface area contributed by atoms with Crippen LogP contribution >= 0.6 is 15.9 Å². The van der Waals surface area contributed by atoms with Gasteiger partial charge in [-0.2, -0.15) is 5.10 Å². The van der Waals surface area contributed by atoms with E-state index in [9.17, 15) is 0 Å². The van der Waals surface area contributed by atoms with Crippen LogP contribution in [0.25, 0.3) is 0 Å². The summed E-state index contributed by atoms with van der Waals surface area (Å²) in [5.74, 6) is 1.45. The molecule has 1 aromatic heterocycles. The minimum atomic E-state index is 0.416. The molecule has 0 spiro atoms. The Morgan fingerprint density at radius 1 is 1.41 bits per heavy atom. The fourth-order valence-electron chi connectivity index (χ4n) is 1.68. The minimum absolute atomic E-state index is 0.416. The third kappa shape index (κ3) is 2.35. The zero-order chi connectivity index (χ0) is 12.4. The van der Waals surface area contributed by atoms with Gasteiger partial charge in [-0.05, 0) is 35.0 Å². The highest BCUT2D eigenvalue weighted by atomic mass is 79.9. The number of nitrogens with two attached hydrogens (primary N) is 1. The first-order chi connectivity index (χ1) is 8.13. The molecule has 2 aromatic rings. The Hall–Kier alpha value is -1.33. The Bertz CT molecular complexity index is 537. The van der Waals surface area contributed by atoms with E-state index < -0.39 is 0 Å². The van der Waals surface area contributed by atoms with E-state index in [-0.39, 0.29) is 0 Å². The number of benzene rings is 1. The van der Waals surface area contributed by atoms with Crippen molar-refractivity contribution in [3.8, 4) is 11.6 Å². The van der Waals surface area contributed by atoms with Crippen LogP contribution < -0.4 is 10.5 Å². The number of aromatic nitrogens is 2. The van der Waals surface area contributed by atoms with E-state index >= 15 is 0 Å². The van der Waals surface area contributed by atoms with Crippen LogP contribution in [0.2, 0.25) is 0 Å². The van der Waals surface area contributed by atoms with E-state index in [1.165, 1.54) is 0 Å². The highest BCUT2D eigenvalue weighted by Crippen LogP contribution is 2.31. The molecule has 1 aromatic carbocycles. The second kappa shape index (κ2) is 4.89. The highest BCUT2D eigenvalue weighted by Gasteiger charge is 2.14. The van der Waals surface area contributed by atoms with Crippen LogP contribution in [0.3, 0.4) is 0 Å². The third-order valence-electron chi connectivity index (χ3n) is 2.54. The second-order valence-corrected chi connectivity index (χ2v) is 4.58. The van der Waals surface area contributed by atoms with Gasteiger partial charge in [0.25, 0.3) is 0 Å². The van der Waals surface area contributed by atoms with Crippen molar-refractivity contribution >= 4 is 15.9 Å². The number of ether oxygens (including phenoxy) is 1. The summed E-state index contributed by atoms with van der Waals surface area (Å²) in [4.78, 5) is 0. The molecule has 0 saturated carbocycles. The molecule has 0 bridgehead atoms. The summed E-state index contributed by atoms with van der Waals surface area (Å²) in [5, 5.41) is 4.30. The van der Waals surface area contributed by atoms with Crippen molar-refractivity contribution in [1.29, 1.82) is 0 Å². The van der Waals surface area contributed by atoms with E-state index in [4.69, 9.17) is 10.5 Å². The lowest BCUT2D eigenvalue weighted by Gasteiger charge is -2.09. The van der Waals surface area contributed by atoms with Crippen LogP contribution in [0, 0.1) is 6.92 Å². The summed E-state index contributed by atoms with van der Waals surface area (Å²) in [7, 11) is 1.85. The predicted octanol–water partition coefficient (Wildman–Crippen LogP) is 2.74. The quantitative estimate of drug-likeness (QED) is 0.947. The number of nitrogens with zero attached hydrogens (tertiary/aromatic N) is 2. The average molecular weight is 296 g/mol. The number of aryl methyl sites for hydroxylation is 2. The van der Waals surface area contributed by atoms with Gasteiger partial charge in [-0.25, -0.2) is 4.68 Å². The van der Waals surface area contributed by atoms with Gasteiger partial charge in [-0.1, -0.05) is 12.1 Å². The molecule has 0 saturated heterocycles. The molecule has 1 heterocycles. The summed E-state index contributed by atoms with van der Waals surface area (Å²) in [6.45, 7) is 2.34. The van der Waals surface area contributed by atoms with Crippen LogP contribution in [0.15, 0.2) is 28.7 Å². The van der Waals surface area contributed by atoms with Crippen molar-refractivity contribution in [3.63, 3.8) is 0 Å². The molecule has 2 N–H and O–H groups in total. The van der Waals surface area contributed by atoms with E-state index in [1.54, 1.807) is 4.68 Å². The molecule has 2 rings (SSSR count). The average Bonchev–Trinajstić information content (AvgIpc) is 2.56. The molecule has 0 amide bonds. The van der Waals surface area contributed by atoms with Gasteiger partial charge in [0, 0.05) is 13.6 Å². The number of hydrogen-bond donors (Lipinski definition) is 1. The van der Waals surface area contributed by atoms with Gasteiger partial charge in [0.05, 0.1) is 15.7 Å². The summed E-state index contributed by atoms with van der Waals surface area (Å²) >= 11 is 3.45. The maximum atomic E-state index is 5.86. The molecule has 0 aliphatic heterocycles. The van der Waals surface area contributed by atoms with Crippen molar-refractivity contribution in [2.45, 2.75) is 13.5 Å². The number of hydrogen-bond acceptors (Lipinski definition) is 3. The van der Waals surface area contributed by atoms with Crippen molar-refractivity contribution < 1.29 is 4.74 Å². The van der Waals surface area contributed by atoms with Gasteiger partial charge in [-0.3, -0.25) is 0 Å². The summed E-state index contributed by atoms with van der Waals surface area (Å²) in [5.41, 5.74) is 7.55. The molecule has 0 fully saturated rings. The Morgan fingerprint density at radius 3 is 2.76 bits per heavy atom. The van der Waals surface area contributed by atoms with Gasteiger partial charge in [-0.15, -0.1) is 0 Å². The maximum absolute atomic E-state index is 5.86. The van der Waals surface area contributed by atoms with Gasteiger partial charge in [0.15, 0.2) is 0 Å². The van der Waals surface area contributed by atoms with E-state index in [1.807, 2.05) is 38.2 Å². The summed E-state index contributed by atoms with van der Waals surface area (Å²) in [6, 6.07) is 7.69. The molecule has 0 radical (unpaired) electrons. The maximum Gasteiger partial charge on any atom is 0.222 e. The Morgan fingerprint density at radius 2 is 2.12 bits per heavy atom. The first-order valence-electron chi connectivity index (χ1n) is 5.28. The van der Waals surface area contributed by atoms with Gasteiger partial charge in [0.1, 0.15) is 5.75 Å². The lowest BCUT2D eigenvalue weighted by Crippen LogP contribution is -2.01. The zero-order valence-electron chi connectivity index (χ0n) is 9.77. The van der Waals surface area contributed by atoms with Gasteiger partial charge >= 0.3 is 0 Å². The van der Waals surface area contributed by atoms with Crippen molar-refractivity contribution in [3.05, 3.63) is 40.0 Å². The molecule has 4 nitrogen and oxygen atoms in total. The second-order valence-electron chi connectivity index (χ2n) is 3.73. The first-order valence-corrected chi connectivity index (χ1v) is 6.07. The number of halogens is 1. The Kier molecular flexibility index (Phi) is 3.49. The highest BCUT2D eigenvalue weighted by molar-refractivity contribution is 9.10. The molecular weight excluding hydrogens is 282 g/mol. The Labute approximate surface area is 109 Å². The van der Waals surface area contributed by atoms with Crippen molar-refractivity contribution in [2.75, 3.05) is 0 Å². The SMILES string of the molecule is Cc1nn(C)c(Oc2ccccc2Br)c1CN. The molecule has 0 aliphatic carbocycles. The summed E-state index contributed by atoms with van der Waals surface area (Å²) < 4.78 is 8.47. The van der Waals surface area contributed by atoms with Gasteiger partial charge in [0.2, 0.25) is 5.88 Å². The number of rotatable bonds is 3. The minimum Gasteiger partial charge on any atom is -0.438 e. The van der Waals surface area contributed by atoms with E-state index in [2.05, 4.69) is 21.0 Å². The van der Waals surface area contributed by atoms with Crippen LogP contribution in [0.4, 0.5) is 0 Å². The van der Waals surface area contributed by atoms with E-state index in [0.717, 1.165) is 21.5 Å². The Balaban J connectivity index is 2.40. The monoisotopic (exact) mass is 295 g/mol. The van der Waals surface area contributed by atoms with Crippen LogP contribution in [0.5, 0.6) is 11.6 Å². The van der Waals surface area contributed by atoms with Crippen molar-refractivity contribution in [2.24, 2.45) is 12.8 Å². The molecule has 0 aliphatic rings. The molecule has 17 heavy (non-hydrogen) atoms. The predicted molar refractivity (Wildman–Crippen MR) is 70.1 cm³/mol. The van der Waals surface area contributed by atoms with Gasteiger partial charge < -0.3 is 10.5 Å². The molecule has 90 valence electrons. The standard InChI is InChI=1S/C12H14BrN3O/c1-8-9(7-14)12(16(2)15-8)17-11-6-4-3-5-10(11)13/h3-6H,7,14H2,1-2H3. The van der Waals surface area contributed by atoms with Crippen LogP contribution in [-0.2, 0) is 13.6 Å². The lowest BCUT2D eigenvalue weighted by atomic mass is 10.2. The summed E-state index contributed by atoms with van der Waals surface area (Å²) in [6.07, 6.45) is 0. The zero-order valence-corrected chi connectivity index (χ0v) is 11.4. The largest absolute Gasteiger partial charge is 0.438 e.